The Balaban J connectivity index is 2.33. The lowest BCUT2D eigenvalue weighted by molar-refractivity contribution is 0.0600. The molecule has 2 aromatic rings. The van der Waals surface area contributed by atoms with Gasteiger partial charge in [0.1, 0.15) is 5.75 Å². The summed E-state index contributed by atoms with van der Waals surface area (Å²) in [5.41, 5.74) is 3.39. The van der Waals surface area contributed by atoms with Gasteiger partial charge in [0.2, 0.25) is 0 Å². The molecule has 1 N–H and O–H groups in total. The molecule has 4 heteroatoms. The van der Waals surface area contributed by atoms with Crippen LogP contribution in [0.15, 0.2) is 42.5 Å². The molecule has 0 heterocycles. The van der Waals surface area contributed by atoms with E-state index >= 15 is 0 Å². The lowest BCUT2D eigenvalue weighted by atomic mass is 10.1. The number of nitrogens with one attached hydrogen (secondary N) is 1. The molecule has 0 unspecified atom stereocenters. The van der Waals surface area contributed by atoms with E-state index in [1.165, 1.54) is 7.11 Å². The smallest absolute Gasteiger partial charge is 0.337 e. The molecule has 0 spiro atoms. The van der Waals surface area contributed by atoms with Crippen LogP contribution in [0.25, 0.3) is 0 Å². The summed E-state index contributed by atoms with van der Waals surface area (Å²) in [5, 5.41) is 3.30. The first kappa shape index (κ1) is 13.9. The minimum atomic E-state index is -0.384. The van der Waals surface area contributed by atoms with Crippen molar-refractivity contribution in [3.63, 3.8) is 0 Å². The average Bonchev–Trinajstić information content (AvgIpc) is 2.49. The molecule has 2 aromatic carbocycles. The Hall–Kier alpha value is -2.49. The molecule has 0 aliphatic heterocycles. The molecule has 0 amide bonds. The van der Waals surface area contributed by atoms with Gasteiger partial charge in [-0.15, -0.1) is 0 Å². The highest BCUT2D eigenvalue weighted by molar-refractivity contribution is 5.91. The predicted molar refractivity (Wildman–Crippen MR) is 78.8 cm³/mol. The molecule has 104 valence electrons. The molecule has 0 fully saturated rings. The van der Waals surface area contributed by atoms with E-state index in [4.69, 9.17) is 9.47 Å². The Morgan fingerprint density at radius 2 is 1.80 bits per heavy atom. The van der Waals surface area contributed by atoms with Crippen molar-refractivity contribution in [1.29, 1.82) is 0 Å². The van der Waals surface area contributed by atoms with E-state index in [-0.39, 0.29) is 5.97 Å². The third kappa shape index (κ3) is 2.91. The highest BCUT2D eigenvalue weighted by Gasteiger charge is 2.11. The van der Waals surface area contributed by atoms with Crippen LogP contribution in [0.2, 0.25) is 0 Å². The first-order chi connectivity index (χ1) is 9.65. The number of esters is 1. The summed E-state index contributed by atoms with van der Waals surface area (Å²) in [5.74, 6) is 0.210. The molecule has 0 aliphatic rings. The van der Waals surface area contributed by atoms with Gasteiger partial charge in [0.05, 0.1) is 25.5 Å². The summed E-state index contributed by atoms with van der Waals surface area (Å²) >= 11 is 0. The normalized spacial score (nSPS) is 9.95. The van der Waals surface area contributed by atoms with Crippen LogP contribution >= 0.6 is 0 Å². The number of carbonyl (C=O) groups excluding carboxylic acids is 1. The average molecular weight is 271 g/mol. The van der Waals surface area contributed by atoms with Gasteiger partial charge in [-0.05, 0) is 36.8 Å². The predicted octanol–water partition coefficient (Wildman–Crippen LogP) is 3.53. The summed E-state index contributed by atoms with van der Waals surface area (Å²) in [6.45, 7) is 2.03. The number of carbonyl (C=O) groups is 1. The van der Waals surface area contributed by atoms with Crippen LogP contribution in [0, 0.1) is 6.92 Å². The molecule has 2 rings (SSSR count). The number of anilines is 2. The van der Waals surface area contributed by atoms with Gasteiger partial charge in [-0.25, -0.2) is 4.79 Å². The highest BCUT2D eigenvalue weighted by atomic mass is 16.5. The first-order valence-corrected chi connectivity index (χ1v) is 6.24. The number of methoxy groups -OCH3 is 2. The Labute approximate surface area is 118 Å². The monoisotopic (exact) mass is 271 g/mol. The van der Waals surface area contributed by atoms with Crippen molar-refractivity contribution in [2.45, 2.75) is 6.92 Å². The van der Waals surface area contributed by atoms with E-state index < -0.39 is 0 Å². The molecule has 0 aromatic heterocycles. The lowest BCUT2D eigenvalue weighted by Gasteiger charge is -2.13. The molecule has 0 saturated heterocycles. The van der Waals surface area contributed by atoms with Crippen molar-refractivity contribution in [3.8, 4) is 5.75 Å². The van der Waals surface area contributed by atoms with Crippen LogP contribution in [0.5, 0.6) is 5.75 Å². The zero-order valence-corrected chi connectivity index (χ0v) is 11.8. The molecule has 20 heavy (non-hydrogen) atoms. The number of hydrogen-bond donors (Lipinski definition) is 1. The third-order valence-corrected chi connectivity index (χ3v) is 3.04. The van der Waals surface area contributed by atoms with E-state index in [1.54, 1.807) is 25.3 Å². The zero-order chi connectivity index (χ0) is 14.5. The van der Waals surface area contributed by atoms with Crippen LogP contribution < -0.4 is 10.1 Å². The largest absolute Gasteiger partial charge is 0.495 e. The number of aryl methyl sites for hydroxylation is 1. The fourth-order valence-corrected chi connectivity index (χ4v) is 1.90. The Bertz CT molecular complexity index is 623. The quantitative estimate of drug-likeness (QED) is 0.864. The Morgan fingerprint density at radius 1 is 1.05 bits per heavy atom. The van der Waals surface area contributed by atoms with Gasteiger partial charge in [-0.3, -0.25) is 0 Å². The summed E-state index contributed by atoms with van der Waals surface area (Å²) in [7, 11) is 2.92. The van der Waals surface area contributed by atoms with Crippen molar-refractivity contribution in [3.05, 3.63) is 53.6 Å². The fraction of sp³-hybridized carbons (Fsp3) is 0.188. The second kappa shape index (κ2) is 6.10. The van der Waals surface area contributed by atoms with Crippen molar-refractivity contribution in [2.24, 2.45) is 0 Å². The fourth-order valence-electron chi connectivity index (χ4n) is 1.90. The van der Waals surface area contributed by atoms with Crippen molar-refractivity contribution < 1.29 is 14.3 Å². The summed E-state index contributed by atoms with van der Waals surface area (Å²) < 4.78 is 10.0. The van der Waals surface area contributed by atoms with Gasteiger partial charge in [0, 0.05) is 5.69 Å². The van der Waals surface area contributed by atoms with Gasteiger partial charge < -0.3 is 14.8 Å². The summed E-state index contributed by atoms with van der Waals surface area (Å²) in [6, 6.07) is 13.1. The number of benzene rings is 2. The van der Waals surface area contributed by atoms with E-state index in [0.717, 1.165) is 16.9 Å². The maximum atomic E-state index is 11.5. The van der Waals surface area contributed by atoms with E-state index in [2.05, 4.69) is 5.32 Å². The minimum Gasteiger partial charge on any atom is -0.495 e. The van der Waals surface area contributed by atoms with E-state index in [9.17, 15) is 4.79 Å². The van der Waals surface area contributed by atoms with Crippen LogP contribution in [-0.4, -0.2) is 20.2 Å². The molecule has 0 aliphatic carbocycles. The van der Waals surface area contributed by atoms with Crippen molar-refractivity contribution >= 4 is 17.3 Å². The van der Waals surface area contributed by atoms with Gasteiger partial charge in [0.15, 0.2) is 0 Å². The topological polar surface area (TPSA) is 47.6 Å². The number of hydrogen-bond acceptors (Lipinski definition) is 4. The van der Waals surface area contributed by atoms with E-state index in [1.807, 2.05) is 31.2 Å². The highest BCUT2D eigenvalue weighted by Crippen LogP contribution is 2.30. The second-order valence-electron chi connectivity index (χ2n) is 4.35. The van der Waals surface area contributed by atoms with Gasteiger partial charge in [0.25, 0.3) is 0 Å². The molecule has 0 atom stereocenters. The molecular formula is C16H17NO3. The molecular weight excluding hydrogens is 254 g/mol. The summed E-state index contributed by atoms with van der Waals surface area (Å²) in [6.07, 6.45) is 0. The van der Waals surface area contributed by atoms with Crippen LogP contribution in [0.3, 0.4) is 0 Å². The zero-order valence-electron chi connectivity index (χ0n) is 11.8. The first-order valence-electron chi connectivity index (χ1n) is 6.24. The van der Waals surface area contributed by atoms with Gasteiger partial charge >= 0.3 is 5.97 Å². The molecule has 0 radical (unpaired) electrons. The SMILES string of the molecule is COC(=O)c1ccc(Nc2ccccc2C)c(OC)c1. The minimum absolute atomic E-state index is 0.384. The van der Waals surface area contributed by atoms with Gasteiger partial charge in [-0.1, -0.05) is 18.2 Å². The second-order valence-corrected chi connectivity index (χ2v) is 4.35. The molecule has 0 bridgehead atoms. The van der Waals surface area contributed by atoms with Crippen LogP contribution in [0.4, 0.5) is 11.4 Å². The molecule has 4 nitrogen and oxygen atoms in total. The van der Waals surface area contributed by atoms with Crippen LogP contribution in [0.1, 0.15) is 15.9 Å². The Kier molecular flexibility index (Phi) is 4.25. The number of rotatable bonds is 4. The lowest BCUT2D eigenvalue weighted by Crippen LogP contribution is -2.03. The third-order valence-electron chi connectivity index (χ3n) is 3.04. The molecule has 0 saturated carbocycles. The Morgan fingerprint density at radius 3 is 2.45 bits per heavy atom. The van der Waals surface area contributed by atoms with E-state index in [0.29, 0.717) is 11.3 Å². The number of ether oxygens (including phenoxy) is 2. The maximum absolute atomic E-state index is 11.5. The maximum Gasteiger partial charge on any atom is 0.337 e. The standard InChI is InChI=1S/C16H17NO3/c1-11-6-4-5-7-13(11)17-14-9-8-12(16(18)20-3)10-15(14)19-2/h4-10,17H,1-3H3. The van der Waals surface area contributed by atoms with Crippen molar-refractivity contribution in [2.75, 3.05) is 19.5 Å². The number of para-hydroxylation sites is 1. The van der Waals surface area contributed by atoms with Gasteiger partial charge in [-0.2, -0.15) is 0 Å². The van der Waals surface area contributed by atoms with Crippen molar-refractivity contribution in [1.82, 2.24) is 0 Å². The summed E-state index contributed by atoms with van der Waals surface area (Å²) in [4.78, 5) is 11.5. The van der Waals surface area contributed by atoms with Crippen LogP contribution in [-0.2, 0) is 4.74 Å².